The van der Waals surface area contributed by atoms with E-state index in [-0.39, 0.29) is 5.75 Å². The van der Waals surface area contributed by atoms with Gasteiger partial charge in [-0.2, -0.15) is 4.98 Å². The molecule has 0 atom stereocenters. The minimum Gasteiger partial charge on any atom is -0.508 e. The summed E-state index contributed by atoms with van der Waals surface area (Å²) in [7, 11) is 0. The zero-order chi connectivity index (χ0) is 9.26. The van der Waals surface area contributed by atoms with Gasteiger partial charge >= 0.3 is 0 Å². The first-order valence-electron chi connectivity index (χ1n) is 3.85. The van der Waals surface area contributed by atoms with Crippen LogP contribution in [-0.2, 0) is 0 Å². The Morgan fingerprint density at radius 3 is 2.46 bits per heavy atom. The molecular weight excluding hydrogens is 168 g/mol. The van der Waals surface area contributed by atoms with E-state index in [0.717, 1.165) is 5.56 Å². The monoisotopic (exact) mass is 176 g/mol. The van der Waals surface area contributed by atoms with Crippen molar-refractivity contribution in [1.82, 2.24) is 10.1 Å². The lowest BCUT2D eigenvalue weighted by molar-refractivity contribution is 0.394. The zero-order valence-corrected chi connectivity index (χ0v) is 7.06. The van der Waals surface area contributed by atoms with Crippen molar-refractivity contribution < 1.29 is 9.63 Å². The largest absolute Gasteiger partial charge is 0.508 e. The van der Waals surface area contributed by atoms with Crippen LogP contribution in [0.25, 0.3) is 11.4 Å². The Kier molecular flexibility index (Phi) is 1.73. The third-order valence-corrected chi connectivity index (χ3v) is 1.65. The van der Waals surface area contributed by atoms with Crippen molar-refractivity contribution in [3.8, 4) is 17.1 Å². The SMILES string of the molecule is Cc1nc(-c2ccc(O)cc2)no1. The Bertz CT molecular complexity index is 406. The molecule has 1 N–H and O–H groups in total. The van der Waals surface area contributed by atoms with E-state index in [9.17, 15) is 0 Å². The smallest absolute Gasteiger partial charge is 0.223 e. The molecule has 66 valence electrons. The Labute approximate surface area is 74.8 Å². The van der Waals surface area contributed by atoms with Crippen molar-refractivity contribution in [2.45, 2.75) is 6.92 Å². The van der Waals surface area contributed by atoms with Crippen LogP contribution in [0.4, 0.5) is 0 Å². The molecule has 0 radical (unpaired) electrons. The standard InChI is InChI=1S/C9H8N2O2/c1-6-10-9(11-13-6)7-2-4-8(12)5-3-7/h2-5,12H,1H3. The second kappa shape index (κ2) is 2.90. The van der Waals surface area contributed by atoms with Gasteiger partial charge < -0.3 is 9.63 Å². The van der Waals surface area contributed by atoms with Crippen LogP contribution in [0, 0.1) is 6.92 Å². The highest BCUT2D eigenvalue weighted by atomic mass is 16.5. The Morgan fingerprint density at radius 1 is 1.23 bits per heavy atom. The van der Waals surface area contributed by atoms with Gasteiger partial charge in [-0.05, 0) is 24.3 Å². The molecule has 4 heteroatoms. The van der Waals surface area contributed by atoms with Crippen molar-refractivity contribution in [3.63, 3.8) is 0 Å². The lowest BCUT2D eigenvalue weighted by Crippen LogP contribution is -1.79. The number of hydrogen-bond acceptors (Lipinski definition) is 4. The molecule has 0 aliphatic heterocycles. The maximum atomic E-state index is 9.04. The molecule has 4 nitrogen and oxygen atoms in total. The number of phenols is 1. The van der Waals surface area contributed by atoms with Crippen molar-refractivity contribution in [1.29, 1.82) is 0 Å². The van der Waals surface area contributed by atoms with Gasteiger partial charge in [0.15, 0.2) is 0 Å². The summed E-state index contributed by atoms with van der Waals surface area (Å²) in [6.07, 6.45) is 0. The van der Waals surface area contributed by atoms with Gasteiger partial charge in [0.2, 0.25) is 11.7 Å². The van der Waals surface area contributed by atoms with Crippen LogP contribution in [-0.4, -0.2) is 15.2 Å². The number of rotatable bonds is 1. The molecule has 0 amide bonds. The molecule has 0 spiro atoms. The molecule has 1 aromatic heterocycles. The molecule has 0 unspecified atom stereocenters. The number of aromatic nitrogens is 2. The summed E-state index contributed by atoms with van der Waals surface area (Å²) in [5.74, 6) is 1.30. The molecule has 0 saturated heterocycles. The van der Waals surface area contributed by atoms with Crippen LogP contribution < -0.4 is 0 Å². The summed E-state index contributed by atoms with van der Waals surface area (Å²) in [5.41, 5.74) is 0.828. The van der Waals surface area contributed by atoms with E-state index in [1.807, 2.05) is 0 Å². The van der Waals surface area contributed by atoms with Gasteiger partial charge in [0, 0.05) is 12.5 Å². The molecule has 2 aromatic rings. The maximum Gasteiger partial charge on any atom is 0.223 e. The second-order valence-corrected chi connectivity index (χ2v) is 2.68. The summed E-state index contributed by atoms with van der Waals surface area (Å²) in [6.45, 7) is 1.73. The summed E-state index contributed by atoms with van der Waals surface area (Å²) >= 11 is 0. The van der Waals surface area contributed by atoms with Crippen LogP contribution in [0.2, 0.25) is 0 Å². The first-order valence-corrected chi connectivity index (χ1v) is 3.85. The molecule has 13 heavy (non-hydrogen) atoms. The molecule has 1 aromatic carbocycles. The molecule has 0 saturated carbocycles. The maximum absolute atomic E-state index is 9.04. The molecular formula is C9H8N2O2. The van der Waals surface area contributed by atoms with Crippen LogP contribution in [0.5, 0.6) is 5.75 Å². The number of aryl methyl sites for hydroxylation is 1. The third-order valence-electron chi connectivity index (χ3n) is 1.65. The summed E-state index contributed by atoms with van der Waals surface area (Å²) in [6, 6.07) is 6.64. The van der Waals surface area contributed by atoms with E-state index in [0.29, 0.717) is 11.7 Å². The zero-order valence-electron chi connectivity index (χ0n) is 7.06. The Balaban J connectivity index is 2.41. The van der Waals surface area contributed by atoms with E-state index < -0.39 is 0 Å². The van der Waals surface area contributed by atoms with Crippen molar-refractivity contribution in [2.75, 3.05) is 0 Å². The molecule has 0 bridgehead atoms. The van der Waals surface area contributed by atoms with Gasteiger partial charge in [0.25, 0.3) is 0 Å². The fraction of sp³-hybridized carbons (Fsp3) is 0.111. The van der Waals surface area contributed by atoms with E-state index in [4.69, 9.17) is 9.63 Å². The molecule has 0 aliphatic rings. The average molecular weight is 176 g/mol. The van der Waals surface area contributed by atoms with Gasteiger partial charge in [-0.3, -0.25) is 0 Å². The lowest BCUT2D eigenvalue weighted by Gasteiger charge is -1.93. The summed E-state index contributed by atoms with van der Waals surface area (Å²) in [4.78, 5) is 4.05. The van der Waals surface area contributed by atoms with E-state index in [1.165, 1.54) is 0 Å². The molecule has 1 heterocycles. The quantitative estimate of drug-likeness (QED) is 0.719. The van der Waals surface area contributed by atoms with Gasteiger partial charge in [-0.1, -0.05) is 5.16 Å². The van der Waals surface area contributed by atoms with Crippen molar-refractivity contribution in [2.24, 2.45) is 0 Å². The predicted octanol–water partition coefficient (Wildman–Crippen LogP) is 1.75. The summed E-state index contributed by atoms with van der Waals surface area (Å²) in [5, 5.41) is 12.8. The Hall–Kier alpha value is -1.84. The van der Waals surface area contributed by atoms with Gasteiger partial charge in [0.1, 0.15) is 5.75 Å². The van der Waals surface area contributed by atoms with E-state index >= 15 is 0 Å². The number of benzene rings is 1. The average Bonchev–Trinajstić information content (AvgIpc) is 2.53. The van der Waals surface area contributed by atoms with E-state index in [1.54, 1.807) is 31.2 Å². The molecule has 0 aliphatic carbocycles. The molecule has 2 rings (SSSR count). The molecule has 0 fully saturated rings. The number of aromatic hydroxyl groups is 1. The highest BCUT2D eigenvalue weighted by Gasteiger charge is 2.04. The first kappa shape index (κ1) is 7.79. The number of hydrogen-bond donors (Lipinski definition) is 1. The van der Waals surface area contributed by atoms with Gasteiger partial charge in [-0.25, -0.2) is 0 Å². The summed E-state index contributed by atoms with van der Waals surface area (Å²) < 4.78 is 4.83. The Morgan fingerprint density at radius 2 is 1.92 bits per heavy atom. The van der Waals surface area contributed by atoms with Crippen LogP contribution in [0.15, 0.2) is 28.8 Å². The van der Waals surface area contributed by atoms with E-state index in [2.05, 4.69) is 10.1 Å². The number of nitrogens with zero attached hydrogens (tertiary/aromatic N) is 2. The fourth-order valence-electron chi connectivity index (χ4n) is 1.03. The third kappa shape index (κ3) is 1.51. The predicted molar refractivity (Wildman–Crippen MR) is 46.1 cm³/mol. The van der Waals surface area contributed by atoms with Gasteiger partial charge in [-0.15, -0.1) is 0 Å². The number of phenolic OH excluding ortho intramolecular Hbond substituents is 1. The van der Waals surface area contributed by atoms with Crippen LogP contribution >= 0.6 is 0 Å². The highest BCUT2D eigenvalue weighted by molar-refractivity contribution is 5.55. The topological polar surface area (TPSA) is 59.2 Å². The lowest BCUT2D eigenvalue weighted by atomic mass is 10.2. The fourth-order valence-corrected chi connectivity index (χ4v) is 1.03. The second-order valence-electron chi connectivity index (χ2n) is 2.68. The highest BCUT2D eigenvalue weighted by Crippen LogP contribution is 2.18. The van der Waals surface area contributed by atoms with Crippen molar-refractivity contribution in [3.05, 3.63) is 30.2 Å². The van der Waals surface area contributed by atoms with Gasteiger partial charge in [0.05, 0.1) is 0 Å². The van der Waals surface area contributed by atoms with Crippen molar-refractivity contribution >= 4 is 0 Å². The minimum atomic E-state index is 0.226. The van der Waals surface area contributed by atoms with Crippen LogP contribution in [0.1, 0.15) is 5.89 Å². The normalized spacial score (nSPS) is 10.2. The van der Waals surface area contributed by atoms with Crippen LogP contribution in [0.3, 0.4) is 0 Å². The first-order chi connectivity index (χ1) is 6.25. The minimum absolute atomic E-state index is 0.226.